The molecule has 1 aliphatic carbocycles. The van der Waals surface area contributed by atoms with Crippen LogP contribution in [0, 0.1) is 0 Å². The topological polar surface area (TPSA) is 103 Å². The van der Waals surface area contributed by atoms with E-state index in [9.17, 15) is 4.79 Å². The number of hydrogen-bond acceptors (Lipinski definition) is 8. The largest absolute Gasteiger partial charge is 0.444 e. The van der Waals surface area contributed by atoms with Crippen LogP contribution in [0.4, 0.5) is 22.0 Å². The van der Waals surface area contributed by atoms with Crippen LogP contribution in [0.2, 0.25) is 5.02 Å². The Balaban J connectivity index is 1.47. The zero-order chi connectivity index (χ0) is 27.8. The lowest BCUT2D eigenvalue weighted by Gasteiger charge is -2.34. The average Bonchev–Trinajstić information content (AvgIpc) is 3.66. The van der Waals surface area contributed by atoms with E-state index in [4.69, 9.17) is 36.8 Å². The molecule has 1 atom stereocenters. The Hall–Kier alpha value is -3.01. The molecule has 5 rings (SSSR count). The second-order valence-corrected chi connectivity index (χ2v) is 12.9. The predicted octanol–water partition coefficient (Wildman–Crippen LogP) is 6.73. The Labute approximate surface area is 238 Å². The summed E-state index contributed by atoms with van der Waals surface area (Å²) in [6.07, 6.45) is 1.49. The lowest BCUT2D eigenvalue weighted by Crippen LogP contribution is -2.44. The van der Waals surface area contributed by atoms with Crippen molar-refractivity contribution >= 4 is 46.6 Å². The van der Waals surface area contributed by atoms with Crippen LogP contribution in [0.15, 0.2) is 53.4 Å². The number of thioether (sulfide) groups is 1. The summed E-state index contributed by atoms with van der Waals surface area (Å²) >= 11 is 8.28. The van der Waals surface area contributed by atoms with Crippen molar-refractivity contribution in [3.05, 3.63) is 59.2 Å². The maximum absolute atomic E-state index is 12.2. The van der Waals surface area contributed by atoms with Gasteiger partial charge < -0.3 is 20.1 Å². The Bertz CT molecular complexity index is 1360. The zero-order valence-electron chi connectivity index (χ0n) is 22.7. The highest BCUT2D eigenvalue weighted by atomic mass is 35.5. The van der Waals surface area contributed by atoms with Gasteiger partial charge in [-0.05, 0) is 83.0 Å². The van der Waals surface area contributed by atoms with E-state index in [1.807, 2.05) is 57.2 Å². The number of ether oxygens (including phenoxy) is 2. The summed E-state index contributed by atoms with van der Waals surface area (Å²) in [5.74, 6) is 1.53. The lowest BCUT2D eigenvalue weighted by atomic mass is 10.1. The van der Waals surface area contributed by atoms with Crippen LogP contribution in [0.1, 0.15) is 46.2 Å². The van der Waals surface area contributed by atoms with Gasteiger partial charge >= 0.3 is 6.09 Å². The molecular formula is C29H34ClN5O3S. The van der Waals surface area contributed by atoms with Crippen molar-refractivity contribution in [1.82, 2.24) is 9.97 Å². The number of amides is 1. The summed E-state index contributed by atoms with van der Waals surface area (Å²) in [4.78, 5) is 25.5. The minimum atomic E-state index is -0.571. The molecule has 1 saturated carbocycles. The third-order valence-electron chi connectivity index (χ3n) is 6.60. The first-order valence-electron chi connectivity index (χ1n) is 13.1. The summed E-state index contributed by atoms with van der Waals surface area (Å²) in [5, 5.41) is 3.43. The number of rotatable bonds is 6. The second-order valence-electron chi connectivity index (χ2n) is 11.0. The number of halogens is 1. The Morgan fingerprint density at radius 3 is 2.56 bits per heavy atom. The number of morpholine rings is 1. The van der Waals surface area contributed by atoms with Gasteiger partial charge in [0.1, 0.15) is 11.4 Å². The van der Waals surface area contributed by atoms with E-state index in [-0.39, 0.29) is 10.8 Å². The van der Waals surface area contributed by atoms with E-state index in [0.29, 0.717) is 35.4 Å². The number of aromatic nitrogens is 2. The highest BCUT2D eigenvalue weighted by molar-refractivity contribution is 8.00. The quantitative estimate of drug-likeness (QED) is 0.316. The highest BCUT2D eigenvalue weighted by Crippen LogP contribution is 2.60. The third kappa shape index (κ3) is 6.59. The van der Waals surface area contributed by atoms with Crippen molar-refractivity contribution in [2.75, 3.05) is 35.7 Å². The van der Waals surface area contributed by atoms with E-state index in [2.05, 4.69) is 23.2 Å². The number of nitrogens with zero attached hydrogens (tertiary/aromatic N) is 3. The first-order chi connectivity index (χ1) is 18.5. The molecule has 3 N–H and O–H groups in total. The SMILES string of the molecule is C[C@H]1COCCN1c1cc(C2(Sc3ccc(N)cc3Cl)CC2)nc(-c2ccc(NC(=O)OC(C)(C)C)cc2)n1. The Morgan fingerprint density at radius 1 is 1.18 bits per heavy atom. The van der Waals surface area contributed by atoms with E-state index >= 15 is 0 Å². The first-order valence-corrected chi connectivity index (χ1v) is 14.3. The minimum absolute atomic E-state index is 0.181. The van der Waals surface area contributed by atoms with Crippen molar-refractivity contribution in [3.8, 4) is 11.4 Å². The third-order valence-corrected chi connectivity index (χ3v) is 8.60. The number of carbonyl (C=O) groups is 1. The molecule has 2 aromatic carbocycles. The summed E-state index contributed by atoms with van der Waals surface area (Å²) in [6, 6.07) is 15.5. The molecule has 2 fully saturated rings. The minimum Gasteiger partial charge on any atom is -0.444 e. The highest BCUT2D eigenvalue weighted by Gasteiger charge is 2.48. The molecular weight excluding hydrogens is 534 g/mol. The van der Waals surface area contributed by atoms with E-state index < -0.39 is 11.7 Å². The van der Waals surface area contributed by atoms with Gasteiger partial charge in [0.2, 0.25) is 0 Å². The molecule has 0 radical (unpaired) electrons. The molecule has 0 unspecified atom stereocenters. The normalized spacial score (nSPS) is 18.5. The van der Waals surface area contributed by atoms with Crippen LogP contribution in [0.3, 0.4) is 0 Å². The van der Waals surface area contributed by atoms with Gasteiger partial charge in [0.05, 0.1) is 34.7 Å². The Kier molecular flexibility index (Phi) is 7.68. The van der Waals surface area contributed by atoms with Gasteiger partial charge in [-0.1, -0.05) is 11.6 Å². The lowest BCUT2D eigenvalue weighted by molar-refractivity contribution is 0.0636. The average molecular weight is 568 g/mol. The summed E-state index contributed by atoms with van der Waals surface area (Å²) < 4.78 is 10.9. The second kappa shape index (κ2) is 10.9. The maximum atomic E-state index is 12.2. The van der Waals surface area contributed by atoms with Crippen molar-refractivity contribution < 1.29 is 14.3 Å². The van der Waals surface area contributed by atoms with Gasteiger partial charge in [-0.25, -0.2) is 14.8 Å². The number of carbonyl (C=O) groups excluding carboxylic acids is 1. The summed E-state index contributed by atoms with van der Waals surface area (Å²) in [6.45, 7) is 9.72. The molecule has 1 aromatic heterocycles. The van der Waals surface area contributed by atoms with Crippen LogP contribution in [0.5, 0.6) is 0 Å². The van der Waals surface area contributed by atoms with Gasteiger partial charge in [0, 0.05) is 34.4 Å². The van der Waals surface area contributed by atoms with Crippen LogP contribution in [-0.4, -0.2) is 47.5 Å². The van der Waals surface area contributed by atoms with Gasteiger partial charge in [0.25, 0.3) is 0 Å². The van der Waals surface area contributed by atoms with Crippen LogP contribution < -0.4 is 16.0 Å². The van der Waals surface area contributed by atoms with Gasteiger partial charge in [-0.3, -0.25) is 5.32 Å². The molecule has 2 heterocycles. The number of nitrogen functional groups attached to an aromatic ring is 1. The molecule has 10 heteroatoms. The molecule has 1 saturated heterocycles. The molecule has 0 bridgehead atoms. The van der Waals surface area contributed by atoms with Crippen LogP contribution in [-0.2, 0) is 14.2 Å². The van der Waals surface area contributed by atoms with Crippen LogP contribution >= 0.6 is 23.4 Å². The molecule has 8 nitrogen and oxygen atoms in total. The smallest absolute Gasteiger partial charge is 0.412 e. The molecule has 206 valence electrons. The molecule has 0 spiro atoms. The fourth-order valence-electron chi connectivity index (χ4n) is 4.47. The van der Waals surface area contributed by atoms with Crippen LogP contribution in [0.25, 0.3) is 11.4 Å². The van der Waals surface area contributed by atoms with E-state index in [1.54, 1.807) is 17.8 Å². The molecule has 1 amide bonds. The summed E-state index contributed by atoms with van der Waals surface area (Å²) in [7, 11) is 0. The standard InChI is InChI=1S/C29H34ClN5O3S/c1-18-17-37-14-13-35(18)25-16-24(29(11-12-29)39-23-10-7-20(31)15-22(23)30)33-26(34-25)19-5-8-21(9-6-19)32-27(36)38-28(2,3)4/h5-10,15-16,18H,11-14,17,31H2,1-4H3,(H,32,36)/t18-/m0/s1. The first kappa shape index (κ1) is 27.6. The van der Waals surface area contributed by atoms with E-state index in [0.717, 1.165) is 41.4 Å². The van der Waals surface area contributed by atoms with Gasteiger partial charge in [0.15, 0.2) is 5.82 Å². The number of nitrogens with two attached hydrogens (primary N) is 1. The van der Waals surface area contributed by atoms with Crippen molar-refractivity contribution in [1.29, 1.82) is 0 Å². The number of nitrogens with one attached hydrogen (secondary N) is 1. The predicted molar refractivity (Wildman–Crippen MR) is 158 cm³/mol. The van der Waals surface area contributed by atoms with Gasteiger partial charge in [-0.15, -0.1) is 11.8 Å². The van der Waals surface area contributed by atoms with Crippen molar-refractivity contribution in [2.24, 2.45) is 0 Å². The maximum Gasteiger partial charge on any atom is 0.412 e. The molecule has 39 heavy (non-hydrogen) atoms. The molecule has 3 aromatic rings. The fraction of sp³-hybridized carbons (Fsp3) is 0.414. The van der Waals surface area contributed by atoms with Crippen molar-refractivity contribution in [2.45, 2.75) is 61.8 Å². The van der Waals surface area contributed by atoms with E-state index in [1.165, 1.54) is 0 Å². The zero-order valence-corrected chi connectivity index (χ0v) is 24.2. The molecule has 2 aliphatic rings. The molecule has 1 aliphatic heterocycles. The summed E-state index contributed by atoms with van der Waals surface area (Å²) in [5.41, 5.74) is 8.48. The van der Waals surface area contributed by atoms with Crippen molar-refractivity contribution in [3.63, 3.8) is 0 Å². The number of benzene rings is 2. The Morgan fingerprint density at radius 2 is 1.92 bits per heavy atom. The van der Waals surface area contributed by atoms with Gasteiger partial charge in [-0.2, -0.15) is 0 Å². The fourth-order valence-corrected chi connectivity index (χ4v) is 6.00. The monoisotopic (exact) mass is 567 g/mol. The number of hydrogen-bond donors (Lipinski definition) is 2. The number of anilines is 3.